The molecule has 2 rings (SSSR count). The lowest BCUT2D eigenvalue weighted by molar-refractivity contribution is -0.134. The van der Waals surface area contributed by atoms with E-state index in [2.05, 4.69) is 16.8 Å². The summed E-state index contributed by atoms with van der Waals surface area (Å²) in [5.74, 6) is 0.217. The Labute approximate surface area is 134 Å². The summed E-state index contributed by atoms with van der Waals surface area (Å²) in [6, 6.07) is 0. The van der Waals surface area contributed by atoms with E-state index in [0.717, 1.165) is 65.3 Å². The van der Waals surface area contributed by atoms with Gasteiger partial charge in [-0.2, -0.15) is 0 Å². The Morgan fingerprint density at radius 1 is 1.05 bits per heavy atom. The van der Waals surface area contributed by atoms with Crippen LogP contribution in [-0.2, 0) is 14.3 Å². The van der Waals surface area contributed by atoms with Crippen molar-refractivity contribution in [1.82, 2.24) is 14.7 Å². The van der Waals surface area contributed by atoms with Crippen LogP contribution in [0.1, 0.15) is 19.3 Å². The second-order valence-electron chi connectivity index (χ2n) is 6.32. The number of piperidine rings is 1. The third-order valence-electron chi connectivity index (χ3n) is 4.74. The first-order valence-corrected chi connectivity index (χ1v) is 8.48. The van der Waals surface area contributed by atoms with Crippen LogP contribution in [0.3, 0.4) is 0 Å². The number of likely N-dealkylation sites (N-methyl/N-ethyl adjacent to an activating group) is 1. The number of methoxy groups -OCH3 is 1. The summed E-state index contributed by atoms with van der Waals surface area (Å²) in [6.45, 7) is 8.38. The molecule has 0 bridgehead atoms. The van der Waals surface area contributed by atoms with E-state index in [-0.39, 0.29) is 5.91 Å². The molecule has 22 heavy (non-hydrogen) atoms. The SMILES string of the molecule is COC1CCN(C(=O)CCOCCN2CCN(C)CC2)CC1. The number of hydrogen-bond acceptors (Lipinski definition) is 5. The normalized spacial score (nSPS) is 22.2. The van der Waals surface area contributed by atoms with Gasteiger partial charge in [0.2, 0.25) is 5.91 Å². The van der Waals surface area contributed by atoms with E-state index >= 15 is 0 Å². The van der Waals surface area contributed by atoms with Crippen molar-refractivity contribution in [2.45, 2.75) is 25.4 Å². The van der Waals surface area contributed by atoms with Crippen molar-refractivity contribution in [2.75, 3.05) is 73.2 Å². The number of piperazine rings is 1. The molecule has 1 amide bonds. The quantitative estimate of drug-likeness (QED) is 0.632. The van der Waals surface area contributed by atoms with Crippen molar-refractivity contribution in [3.05, 3.63) is 0 Å². The van der Waals surface area contributed by atoms with Gasteiger partial charge in [0.15, 0.2) is 0 Å². The summed E-state index contributed by atoms with van der Waals surface area (Å²) >= 11 is 0. The highest BCUT2D eigenvalue weighted by Crippen LogP contribution is 2.13. The van der Waals surface area contributed by atoms with Gasteiger partial charge in [0.25, 0.3) is 0 Å². The van der Waals surface area contributed by atoms with Crippen LogP contribution < -0.4 is 0 Å². The Morgan fingerprint density at radius 2 is 1.73 bits per heavy atom. The van der Waals surface area contributed by atoms with Crippen molar-refractivity contribution in [2.24, 2.45) is 0 Å². The van der Waals surface area contributed by atoms with Crippen LogP contribution >= 0.6 is 0 Å². The van der Waals surface area contributed by atoms with Gasteiger partial charge in [-0.05, 0) is 19.9 Å². The predicted octanol–water partition coefficient (Wildman–Crippen LogP) is 0.278. The number of nitrogens with zero attached hydrogens (tertiary/aromatic N) is 3. The fraction of sp³-hybridized carbons (Fsp3) is 0.938. The zero-order valence-electron chi connectivity index (χ0n) is 14.1. The Morgan fingerprint density at radius 3 is 2.36 bits per heavy atom. The molecule has 0 aromatic heterocycles. The van der Waals surface area contributed by atoms with Crippen LogP contribution in [0.4, 0.5) is 0 Å². The molecule has 0 aromatic carbocycles. The average molecular weight is 313 g/mol. The van der Waals surface area contributed by atoms with Crippen molar-refractivity contribution in [3.8, 4) is 0 Å². The first-order valence-electron chi connectivity index (χ1n) is 8.48. The maximum atomic E-state index is 12.1. The summed E-state index contributed by atoms with van der Waals surface area (Å²) in [5, 5.41) is 0. The van der Waals surface area contributed by atoms with Crippen LogP contribution in [-0.4, -0.2) is 99.9 Å². The smallest absolute Gasteiger partial charge is 0.224 e. The highest BCUT2D eigenvalue weighted by molar-refractivity contribution is 5.76. The lowest BCUT2D eigenvalue weighted by Gasteiger charge is -2.32. The molecule has 0 aliphatic carbocycles. The van der Waals surface area contributed by atoms with E-state index in [1.54, 1.807) is 7.11 Å². The zero-order valence-corrected chi connectivity index (χ0v) is 14.1. The van der Waals surface area contributed by atoms with Crippen LogP contribution in [0.15, 0.2) is 0 Å². The zero-order chi connectivity index (χ0) is 15.8. The van der Waals surface area contributed by atoms with Crippen molar-refractivity contribution in [1.29, 1.82) is 0 Å². The number of carbonyl (C=O) groups is 1. The molecule has 2 heterocycles. The van der Waals surface area contributed by atoms with E-state index in [0.29, 0.717) is 19.1 Å². The second kappa shape index (κ2) is 9.45. The Hall–Kier alpha value is -0.690. The molecule has 0 saturated carbocycles. The van der Waals surface area contributed by atoms with Gasteiger partial charge in [-0.1, -0.05) is 0 Å². The third kappa shape index (κ3) is 5.83. The van der Waals surface area contributed by atoms with Crippen molar-refractivity contribution < 1.29 is 14.3 Å². The third-order valence-corrected chi connectivity index (χ3v) is 4.74. The Kier molecular flexibility index (Phi) is 7.59. The molecule has 0 atom stereocenters. The van der Waals surface area contributed by atoms with Gasteiger partial charge >= 0.3 is 0 Å². The average Bonchev–Trinajstić information content (AvgIpc) is 2.56. The highest BCUT2D eigenvalue weighted by Gasteiger charge is 2.22. The molecule has 0 radical (unpaired) electrons. The summed E-state index contributed by atoms with van der Waals surface area (Å²) in [4.78, 5) is 18.8. The largest absolute Gasteiger partial charge is 0.381 e. The minimum Gasteiger partial charge on any atom is -0.381 e. The summed E-state index contributed by atoms with van der Waals surface area (Å²) < 4.78 is 11.0. The molecule has 0 N–H and O–H groups in total. The molecule has 2 saturated heterocycles. The van der Waals surface area contributed by atoms with Gasteiger partial charge in [0.1, 0.15) is 0 Å². The molecule has 2 aliphatic heterocycles. The van der Waals surface area contributed by atoms with Gasteiger partial charge in [-0.25, -0.2) is 0 Å². The van der Waals surface area contributed by atoms with Gasteiger partial charge < -0.3 is 19.3 Å². The first kappa shape index (κ1) is 17.7. The van der Waals surface area contributed by atoms with E-state index in [1.165, 1.54) is 0 Å². The number of hydrogen-bond donors (Lipinski definition) is 0. The first-order chi connectivity index (χ1) is 10.7. The molecule has 2 fully saturated rings. The van der Waals surface area contributed by atoms with Crippen LogP contribution in [0, 0.1) is 0 Å². The van der Waals surface area contributed by atoms with Crippen LogP contribution in [0.25, 0.3) is 0 Å². The topological polar surface area (TPSA) is 45.2 Å². The summed E-state index contributed by atoms with van der Waals surface area (Å²) in [6.07, 6.45) is 2.73. The summed E-state index contributed by atoms with van der Waals surface area (Å²) in [7, 11) is 3.91. The molecule has 6 heteroatoms. The predicted molar refractivity (Wildman–Crippen MR) is 86.0 cm³/mol. The van der Waals surface area contributed by atoms with Crippen molar-refractivity contribution >= 4 is 5.91 Å². The molecule has 0 aromatic rings. The van der Waals surface area contributed by atoms with Gasteiger partial charge in [0, 0.05) is 52.9 Å². The number of rotatable bonds is 7. The lowest BCUT2D eigenvalue weighted by Crippen LogP contribution is -2.45. The van der Waals surface area contributed by atoms with E-state index in [1.807, 2.05) is 4.90 Å². The Bertz CT molecular complexity index is 325. The number of likely N-dealkylation sites (tertiary alicyclic amines) is 1. The number of amides is 1. The summed E-state index contributed by atoms with van der Waals surface area (Å²) in [5.41, 5.74) is 0. The number of ether oxygens (including phenoxy) is 2. The lowest BCUT2D eigenvalue weighted by atomic mass is 10.1. The van der Waals surface area contributed by atoms with E-state index < -0.39 is 0 Å². The maximum absolute atomic E-state index is 12.1. The van der Waals surface area contributed by atoms with E-state index in [4.69, 9.17) is 9.47 Å². The van der Waals surface area contributed by atoms with Gasteiger partial charge in [-0.15, -0.1) is 0 Å². The monoisotopic (exact) mass is 313 g/mol. The van der Waals surface area contributed by atoms with Gasteiger partial charge in [0.05, 0.1) is 25.7 Å². The van der Waals surface area contributed by atoms with E-state index in [9.17, 15) is 4.79 Å². The number of carbonyl (C=O) groups excluding carboxylic acids is 1. The standard InChI is InChI=1S/C16H31N3O3/c1-17-8-10-18(11-9-17)12-14-22-13-5-16(20)19-6-3-15(21-2)4-7-19/h15H,3-14H2,1-2H3. The molecular weight excluding hydrogens is 282 g/mol. The highest BCUT2D eigenvalue weighted by atomic mass is 16.5. The minimum absolute atomic E-state index is 0.217. The Balaban J connectivity index is 1.49. The van der Waals surface area contributed by atoms with Crippen LogP contribution in [0.2, 0.25) is 0 Å². The molecule has 0 unspecified atom stereocenters. The minimum atomic E-state index is 0.217. The molecule has 6 nitrogen and oxygen atoms in total. The molecule has 128 valence electrons. The maximum Gasteiger partial charge on any atom is 0.224 e. The fourth-order valence-electron chi connectivity index (χ4n) is 3.03. The molecular formula is C16H31N3O3. The van der Waals surface area contributed by atoms with Gasteiger partial charge in [-0.3, -0.25) is 9.69 Å². The second-order valence-corrected chi connectivity index (χ2v) is 6.32. The molecule has 0 spiro atoms. The fourth-order valence-corrected chi connectivity index (χ4v) is 3.03. The van der Waals surface area contributed by atoms with Crippen molar-refractivity contribution in [3.63, 3.8) is 0 Å². The molecule has 2 aliphatic rings. The van der Waals surface area contributed by atoms with Crippen LogP contribution in [0.5, 0.6) is 0 Å².